The standard InChI is InChI=1S/C15H19ClN2O2.ClH/c1-17(2)12-6-11(16)9-4-5-18(3)7-10-13(8-19)20-15(12)14(9)10;/h6,19H,4-5,7-8H2,1-3H3;1H. The van der Waals surface area contributed by atoms with Crippen LogP contribution in [0.5, 0.6) is 0 Å². The zero-order chi connectivity index (χ0) is 14.4. The van der Waals surface area contributed by atoms with Crippen LogP contribution in [0.1, 0.15) is 16.9 Å². The molecule has 0 bridgehead atoms. The minimum absolute atomic E-state index is 0. The summed E-state index contributed by atoms with van der Waals surface area (Å²) in [6.45, 7) is 1.65. The van der Waals surface area contributed by atoms with Crippen molar-refractivity contribution in [1.82, 2.24) is 4.90 Å². The third kappa shape index (κ3) is 2.61. The average Bonchev–Trinajstić information content (AvgIpc) is 2.65. The molecular formula is C15H20Cl2N2O2. The second-order valence-electron chi connectivity index (χ2n) is 5.60. The van der Waals surface area contributed by atoms with Gasteiger partial charge in [-0.2, -0.15) is 0 Å². The fourth-order valence-electron chi connectivity index (χ4n) is 2.93. The number of anilines is 1. The molecule has 4 nitrogen and oxygen atoms in total. The van der Waals surface area contributed by atoms with Gasteiger partial charge in [-0.15, -0.1) is 12.4 Å². The van der Waals surface area contributed by atoms with Crippen molar-refractivity contribution in [2.24, 2.45) is 0 Å². The van der Waals surface area contributed by atoms with E-state index in [4.69, 9.17) is 16.0 Å². The number of rotatable bonds is 2. The molecule has 0 fully saturated rings. The molecule has 1 aromatic carbocycles. The van der Waals surface area contributed by atoms with Gasteiger partial charge in [0.05, 0.1) is 5.69 Å². The van der Waals surface area contributed by atoms with E-state index in [0.717, 1.165) is 52.3 Å². The van der Waals surface area contributed by atoms with Gasteiger partial charge in [0.2, 0.25) is 0 Å². The van der Waals surface area contributed by atoms with Crippen LogP contribution in [0.3, 0.4) is 0 Å². The molecule has 0 unspecified atom stereocenters. The molecule has 0 saturated carbocycles. The molecule has 3 rings (SSSR count). The lowest BCUT2D eigenvalue weighted by Gasteiger charge is -2.16. The van der Waals surface area contributed by atoms with Crippen LogP contribution in [0.2, 0.25) is 5.02 Å². The van der Waals surface area contributed by atoms with Crippen LogP contribution in [-0.2, 0) is 19.6 Å². The first-order valence-electron chi connectivity index (χ1n) is 6.75. The van der Waals surface area contributed by atoms with E-state index in [1.165, 1.54) is 0 Å². The summed E-state index contributed by atoms with van der Waals surface area (Å²) >= 11 is 6.48. The second-order valence-corrected chi connectivity index (χ2v) is 6.01. The molecule has 1 N–H and O–H groups in total. The van der Waals surface area contributed by atoms with E-state index in [1.807, 2.05) is 25.1 Å². The zero-order valence-electron chi connectivity index (χ0n) is 12.4. The van der Waals surface area contributed by atoms with Crippen LogP contribution in [0.4, 0.5) is 5.69 Å². The van der Waals surface area contributed by atoms with E-state index in [9.17, 15) is 5.11 Å². The van der Waals surface area contributed by atoms with Gasteiger partial charge in [0.25, 0.3) is 0 Å². The normalized spacial score (nSPS) is 14.9. The summed E-state index contributed by atoms with van der Waals surface area (Å²) in [4.78, 5) is 4.23. The van der Waals surface area contributed by atoms with E-state index in [2.05, 4.69) is 11.9 Å². The number of aliphatic hydroxyl groups is 1. The van der Waals surface area contributed by atoms with E-state index < -0.39 is 0 Å². The van der Waals surface area contributed by atoms with Gasteiger partial charge >= 0.3 is 0 Å². The van der Waals surface area contributed by atoms with Crippen LogP contribution in [-0.4, -0.2) is 37.7 Å². The molecule has 116 valence electrons. The first-order chi connectivity index (χ1) is 9.52. The van der Waals surface area contributed by atoms with Gasteiger partial charge in [-0.25, -0.2) is 0 Å². The maximum atomic E-state index is 9.58. The molecule has 1 aliphatic rings. The summed E-state index contributed by atoms with van der Waals surface area (Å²) in [5.41, 5.74) is 4.00. The van der Waals surface area contributed by atoms with Crippen molar-refractivity contribution in [3.8, 4) is 0 Å². The third-order valence-electron chi connectivity index (χ3n) is 3.97. The Kier molecular flexibility index (Phi) is 4.73. The first-order valence-corrected chi connectivity index (χ1v) is 7.13. The van der Waals surface area contributed by atoms with Crippen molar-refractivity contribution >= 4 is 40.7 Å². The summed E-state index contributed by atoms with van der Waals surface area (Å²) in [6, 6.07) is 1.96. The van der Waals surface area contributed by atoms with Gasteiger partial charge in [0.1, 0.15) is 12.4 Å². The molecule has 21 heavy (non-hydrogen) atoms. The predicted octanol–water partition coefficient (Wildman–Crippen LogP) is 3.05. The van der Waals surface area contributed by atoms with Gasteiger partial charge in [0.15, 0.2) is 5.58 Å². The molecule has 0 radical (unpaired) electrons. The Labute approximate surface area is 135 Å². The van der Waals surface area contributed by atoms with E-state index in [-0.39, 0.29) is 19.0 Å². The lowest BCUT2D eigenvalue weighted by Crippen LogP contribution is -2.19. The summed E-state index contributed by atoms with van der Waals surface area (Å²) in [7, 11) is 6.02. The number of furan rings is 1. The molecule has 0 spiro atoms. The third-order valence-corrected chi connectivity index (χ3v) is 4.31. The average molecular weight is 331 g/mol. The number of likely N-dealkylation sites (N-methyl/N-ethyl adjacent to an activating group) is 1. The molecule has 1 aliphatic heterocycles. The minimum atomic E-state index is -0.0816. The van der Waals surface area contributed by atoms with Gasteiger partial charge in [0, 0.05) is 43.2 Å². The van der Waals surface area contributed by atoms with Gasteiger partial charge in [-0.1, -0.05) is 11.6 Å². The summed E-state index contributed by atoms with van der Waals surface area (Å²) in [6.07, 6.45) is 0.900. The maximum Gasteiger partial charge on any atom is 0.158 e. The number of halogens is 2. The number of hydrogen-bond acceptors (Lipinski definition) is 4. The Morgan fingerprint density at radius 2 is 2.10 bits per heavy atom. The number of nitrogens with zero attached hydrogens (tertiary/aromatic N) is 2. The monoisotopic (exact) mass is 330 g/mol. The molecule has 2 aromatic rings. The Morgan fingerprint density at radius 3 is 2.71 bits per heavy atom. The van der Waals surface area contributed by atoms with Crippen LogP contribution in [0, 0.1) is 0 Å². The fraction of sp³-hybridized carbons (Fsp3) is 0.467. The van der Waals surface area contributed by atoms with Crippen LogP contribution < -0.4 is 4.90 Å². The SMILES string of the molecule is CN1CCc2c(Cl)cc(N(C)C)c3oc(CO)c(c23)C1.Cl. The highest BCUT2D eigenvalue weighted by atomic mass is 35.5. The molecule has 6 heteroatoms. The Hall–Kier alpha value is -0.940. The smallest absolute Gasteiger partial charge is 0.158 e. The Morgan fingerprint density at radius 1 is 1.38 bits per heavy atom. The van der Waals surface area contributed by atoms with Crippen molar-refractivity contribution in [2.45, 2.75) is 19.6 Å². The quantitative estimate of drug-likeness (QED) is 0.918. The zero-order valence-corrected chi connectivity index (χ0v) is 14.0. The molecule has 1 aromatic heterocycles. The molecular weight excluding hydrogens is 311 g/mol. The van der Waals surface area contributed by atoms with Gasteiger partial charge in [-0.3, -0.25) is 0 Å². The number of aliphatic hydroxyl groups excluding tert-OH is 1. The Bertz CT molecular complexity index is 667. The Balaban J connectivity index is 0.00000161. The molecule has 0 saturated heterocycles. The lowest BCUT2D eigenvalue weighted by atomic mass is 10.0. The second kappa shape index (κ2) is 6.05. The lowest BCUT2D eigenvalue weighted by molar-refractivity contribution is 0.244. The highest BCUT2D eigenvalue weighted by Crippen LogP contribution is 2.41. The predicted molar refractivity (Wildman–Crippen MR) is 88.8 cm³/mol. The van der Waals surface area contributed by atoms with Crippen molar-refractivity contribution in [1.29, 1.82) is 0 Å². The minimum Gasteiger partial charge on any atom is -0.456 e. The van der Waals surface area contributed by atoms with Crippen molar-refractivity contribution in [3.05, 3.63) is 28.0 Å². The molecule has 2 heterocycles. The van der Waals surface area contributed by atoms with E-state index in [0.29, 0.717) is 5.76 Å². The van der Waals surface area contributed by atoms with E-state index >= 15 is 0 Å². The van der Waals surface area contributed by atoms with Crippen molar-refractivity contribution in [2.75, 3.05) is 32.6 Å². The molecule has 0 aliphatic carbocycles. The topological polar surface area (TPSA) is 39.9 Å². The van der Waals surface area contributed by atoms with Gasteiger partial charge in [-0.05, 0) is 25.1 Å². The van der Waals surface area contributed by atoms with Gasteiger partial charge < -0.3 is 19.3 Å². The van der Waals surface area contributed by atoms with Crippen LogP contribution in [0.15, 0.2) is 10.5 Å². The molecule has 0 amide bonds. The number of hydrogen-bond donors (Lipinski definition) is 1. The molecule has 0 atom stereocenters. The van der Waals surface area contributed by atoms with Crippen LogP contribution in [0.25, 0.3) is 11.0 Å². The summed E-state index contributed by atoms with van der Waals surface area (Å²) < 4.78 is 5.93. The summed E-state index contributed by atoms with van der Waals surface area (Å²) in [5.74, 6) is 0.653. The highest BCUT2D eigenvalue weighted by molar-refractivity contribution is 6.33. The maximum absolute atomic E-state index is 9.58. The van der Waals surface area contributed by atoms with Crippen molar-refractivity contribution in [3.63, 3.8) is 0 Å². The van der Waals surface area contributed by atoms with Crippen LogP contribution >= 0.6 is 24.0 Å². The first kappa shape index (κ1) is 16.4. The van der Waals surface area contributed by atoms with Crippen molar-refractivity contribution < 1.29 is 9.52 Å². The summed E-state index contributed by atoms with van der Waals surface area (Å²) in [5, 5.41) is 11.5. The highest BCUT2D eigenvalue weighted by Gasteiger charge is 2.25. The van der Waals surface area contributed by atoms with E-state index in [1.54, 1.807) is 0 Å². The largest absolute Gasteiger partial charge is 0.456 e. The number of benzene rings is 1. The fourth-order valence-corrected chi connectivity index (χ4v) is 3.22.